The lowest BCUT2D eigenvalue weighted by atomic mass is 9.80. The van der Waals surface area contributed by atoms with E-state index in [1.807, 2.05) is 0 Å². The summed E-state index contributed by atoms with van der Waals surface area (Å²) >= 11 is 2.25. The molecule has 1 heterocycles. The van der Waals surface area contributed by atoms with Crippen LogP contribution in [-0.4, -0.2) is 11.0 Å². The van der Waals surface area contributed by atoms with Crippen LogP contribution in [0.1, 0.15) is 39.0 Å². The van der Waals surface area contributed by atoms with Crippen LogP contribution in [0.2, 0.25) is 0 Å². The second kappa shape index (κ2) is 3.38. The Hall–Kier alpha value is 0.350. The van der Waals surface area contributed by atoms with Crippen LogP contribution in [0.5, 0.6) is 0 Å². The molecule has 11 heavy (non-hydrogen) atoms. The van der Waals surface area contributed by atoms with Crippen LogP contribution in [0.4, 0.5) is 0 Å². The second-order valence-electron chi connectivity index (χ2n) is 4.23. The topological polar surface area (TPSA) is 0 Å². The first kappa shape index (κ1) is 7.97. The minimum absolute atomic E-state index is 1.02. The summed E-state index contributed by atoms with van der Waals surface area (Å²) < 4.78 is 0. The zero-order valence-corrected chi connectivity index (χ0v) is 8.20. The van der Waals surface area contributed by atoms with Gasteiger partial charge in [-0.15, -0.1) is 0 Å². The summed E-state index contributed by atoms with van der Waals surface area (Å²) in [5, 5.41) is 1.06. The maximum atomic E-state index is 2.43. The zero-order chi connectivity index (χ0) is 7.68. The number of thioether (sulfide) groups is 1. The minimum Gasteiger partial charge on any atom is -0.158 e. The molecule has 0 aromatic carbocycles. The van der Waals surface area contributed by atoms with E-state index in [2.05, 4.69) is 18.7 Å². The van der Waals surface area contributed by atoms with Gasteiger partial charge in [0.1, 0.15) is 0 Å². The Morgan fingerprint density at radius 1 is 1.18 bits per heavy atom. The van der Waals surface area contributed by atoms with Crippen LogP contribution in [0.25, 0.3) is 0 Å². The van der Waals surface area contributed by atoms with Crippen molar-refractivity contribution in [2.24, 2.45) is 11.8 Å². The van der Waals surface area contributed by atoms with Crippen LogP contribution >= 0.6 is 11.8 Å². The maximum absolute atomic E-state index is 2.43. The predicted octanol–water partition coefficient (Wildman–Crippen LogP) is 3.32. The molecule has 2 fully saturated rings. The van der Waals surface area contributed by atoms with Gasteiger partial charge < -0.3 is 0 Å². The molecule has 1 saturated carbocycles. The van der Waals surface area contributed by atoms with E-state index < -0.39 is 0 Å². The average Bonchev–Trinajstić information content (AvgIpc) is 2.04. The molecule has 0 radical (unpaired) electrons. The maximum Gasteiger partial charge on any atom is 0.00755 e. The van der Waals surface area contributed by atoms with Crippen molar-refractivity contribution in [2.45, 2.75) is 44.3 Å². The quantitative estimate of drug-likeness (QED) is 0.537. The summed E-state index contributed by atoms with van der Waals surface area (Å²) in [6.07, 6.45) is 7.54. The second-order valence-corrected chi connectivity index (χ2v) is 5.58. The van der Waals surface area contributed by atoms with E-state index >= 15 is 0 Å². The number of hydrogen-bond acceptors (Lipinski definition) is 1. The van der Waals surface area contributed by atoms with E-state index in [9.17, 15) is 0 Å². The summed E-state index contributed by atoms with van der Waals surface area (Å²) in [6, 6.07) is 0. The number of rotatable bonds is 0. The first-order valence-electron chi connectivity index (χ1n) is 4.98. The predicted molar refractivity (Wildman–Crippen MR) is 52.0 cm³/mol. The highest BCUT2D eigenvalue weighted by molar-refractivity contribution is 7.99. The van der Waals surface area contributed by atoms with E-state index in [1.54, 1.807) is 0 Å². The molecular weight excluding hydrogens is 152 g/mol. The molecule has 0 unspecified atom stereocenters. The van der Waals surface area contributed by atoms with E-state index in [-0.39, 0.29) is 0 Å². The Labute approximate surface area is 74.1 Å². The van der Waals surface area contributed by atoms with Crippen LogP contribution in [-0.2, 0) is 0 Å². The van der Waals surface area contributed by atoms with Crippen molar-refractivity contribution in [3.63, 3.8) is 0 Å². The van der Waals surface area contributed by atoms with Gasteiger partial charge in [-0.25, -0.2) is 0 Å². The van der Waals surface area contributed by atoms with Gasteiger partial charge >= 0.3 is 0 Å². The molecule has 1 aliphatic carbocycles. The molecule has 3 atom stereocenters. The number of fused-ring (bicyclic) bond motifs is 1. The smallest absolute Gasteiger partial charge is 0.00755 e. The normalized spacial score (nSPS) is 45.0. The summed E-state index contributed by atoms with van der Waals surface area (Å²) in [6.45, 7) is 2.43. The third-order valence-corrected chi connectivity index (χ3v) is 4.80. The van der Waals surface area contributed by atoms with E-state index in [0.29, 0.717) is 0 Å². The third kappa shape index (κ3) is 1.74. The van der Waals surface area contributed by atoms with Crippen LogP contribution < -0.4 is 0 Å². The van der Waals surface area contributed by atoms with Crippen molar-refractivity contribution in [1.82, 2.24) is 0 Å². The Balaban J connectivity index is 1.93. The van der Waals surface area contributed by atoms with Crippen molar-refractivity contribution in [3.05, 3.63) is 0 Å². The van der Waals surface area contributed by atoms with Crippen molar-refractivity contribution in [2.75, 3.05) is 5.75 Å². The lowest BCUT2D eigenvalue weighted by Crippen LogP contribution is -2.29. The van der Waals surface area contributed by atoms with Crippen molar-refractivity contribution in [3.8, 4) is 0 Å². The van der Waals surface area contributed by atoms with Crippen molar-refractivity contribution in [1.29, 1.82) is 0 Å². The fraction of sp³-hybridized carbons (Fsp3) is 1.00. The van der Waals surface area contributed by atoms with Gasteiger partial charge in [-0.2, -0.15) is 11.8 Å². The van der Waals surface area contributed by atoms with E-state index in [1.165, 1.54) is 37.9 Å². The molecule has 0 bridgehead atoms. The summed E-state index contributed by atoms with van der Waals surface area (Å²) in [4.78, 5) is 0. The van der Waals surface area contributed by atoms with Crippen LogP contribution in [0.15, 0.2) is 0 Å². The standard InChI is InChI=1S/C10H18S/c1-8-4-5-10-9(7-8)3-2-6-11-10/h8-10H,2-7H2,1H3/t8-,9-,10-/m0/s1. The van der Waals surface area contributed by atoms with Gasteiger partial charge in [0, 0.05) is 5.25 Å². The van der Waals surface area contributed by atoms with Crippen molar-refractivity contribution < 1.29 is 0 Å². The fourth-order valence-corrected chi connectivity index (χ4v) is 4.03. The first-order chi connectivity index (χ1) is 5.36. The summed E-state index contributed by atoms with van der Waals surface area (Å²) in [7, 11) is 0. The molecule has 0 N–H and O–H groups in total. The average molecular weight is 170 g/mol. The molecule has 0 spiro atoms. The van der Waals surface area contributed by atoms with Gasteiger partial charge in [-0.3, -0.25) is 0 Å². The van der Waals surface area contributed by atoms with Crippen LogP contribution in [0.3, 0.4) is 0 Å². The molecule has 1 aliphatic heterocycles. The van der Waals surface area contributed by atoms with Gasteiger partial charge in [0.25, 0.3) is 0 Å². The molecule has 0 aromatic heterocycles. The molecule has 1 saturated heterocycles. The SMILES string of the molecule is C[C@H]1CC[C@@H]2SCCC[C@H]2C1. The summed E-state index contributed by atoms with van der Waals surface area (Å²) in [5.41, 5.74) is 0. The largest absolute Gasteiger partial charge is 0.158 e. The fourth-order valence-electron chi connectivity index (χ4n) is 2.57. The highest BCUT2D eigenvalue weighted by Crippen LogP contribution is 2.42. The van der Waals surface area contributed by atoms with Gasteiger partial charge in [0.05, 0.1) is 0 Å². The Bertz CT molecular complexity index is 133. The molecular formula is C10H18S. The van der Waals surface area contributed by atoms with Crippen molar-refractivity contribution >= 4 is 11.8 Å². The van der Waals surface area contributed by atoms with Gasteiger partial charge in [-0.05, 0) is 49.7 Å². The molecule has 0 nitrogen and oxygen atoms in total. The molecule has 1 heteroatoms. The van der Waals surface area contributed by atoms with Crippen LogP contribution in [0, 0.1) is 11.8 Å². The molecule has 0 aromatic rings. The first-order valence-corrected chi connectivity index (χ1v) is 6.03. The minimum atomic E-state index is 1.02. The van der Waals surface area contributed by atoms with Gasteiger partial charge in [0.15, 0.2) is 0 Å². The Morgan fingerprint density at radius 3 is 3.00 bits per heavy atom. The molecule has 64 valence electrons. The lowest BCUT2D eigenvalue weighted by molar-refractivity contribution is 0.272. The van der Waals surface area contributed by atoms with Gasteiger partial charge in [0.2, 0.25) is 0 Å². The molecule has 2 aliphatic rings. The zero-order valence-electron chi connectivity index (χ0n) is 7.38. The van der Waals surface area contributed by atoms with E-state index in [4.69, 9.17) is 0 Å². The summed E-state index contributed by atoms with van der Waals surface area (Å²) in [5.74, 6) is 3.56. The monoisotopic (exact) mass is 170 g/mol. The lowest BCUT2D eigenvalue weighted by Gasteiger charge is -2.37. The Morgan fingerprint density at radius 2 is 2.09 bits per heavy atom. The van der Waals surface area contributed by atoms with Gasteiger partial charge in [-0.1, -0.05) is 6.92 Å². The highest BCUT2D eigenvalue weighted by Gasteiger charge is 2.30. The molecule has 0 amide bonds. The molecule has 2 rings (SSSR count). The Kier molecular flexibility index (Phi) is 2.45. The highest BCUT2D eigenvalue weighted by atomic mass is 32.2. The van der Waals surface area contributed by atoms with E-state index in [0.717, 1.165) is 17.1 Å². The third-order valence-electron chi connectivity index (χ3n) is 3.23. The number of hydrogen-bond donors (Lipinski definition) is 0.